The number of rotatable bonds is 5. The van der Waals surface area contributed by atoms with Crippen molar-refractivity contribution in [3.05, 3.63) is 29.8 Å². The molecule has 126 valence electrons. The van der Waals surface area contributed by atoms with Crippen LogP contribution in [0.5, 0.6) is 5.75 Å². The van der Waals surface area contributed by atoms with Crippen LogP contribution in [0.15, 0.2) is 24.3 Å². The van der Waals surface area contributed by atoms with Crippen molar-refractivity contribution in [3.63, 3.8) is 0 Å². The Morgan fingerprint density at radius 3 is 2.87 bits per heavy atom. The second kappa shape index (κ2) is 7.29. The number of carbonyl (C=O) groups is 1. The van der Waals surface area contributed by atoms with Crippen LogP contribution in [0.25, 0.3) is 0 Å². The van der Waals surface area contributed by atoms with Crippen molar-refractivity contribution >= 4 is 5.91 Å². The normalized spacial score (nSPS) is 27.5. The predicted octanol–water partition coefficient (Wildman–Crippen LogP) is 1.33. The Kier molecular flexibility index (Phi) is 5.15. The Morgan fingerprint density at radius 1 is 1.35 bits per heavy atom. The van der Waals surface area contributed by atoms with Crippen LogP contribution in [0.1, 0.15) is 37.8 Å². The minimum atomic E-state index is -0.212. The number of nitrogens with zero attached hydrogens (tertiary/aromatic N) is 1. The molecule has 2 heterocycles. The molecular weight excluding hydrogens is 294 g/mol. The molecule has 1 amide bonds. The van der Waals surface area contributed by atoms with Gasteiger partial charge in [0.15, 0.2) is 0 Å². The lowest BCUT2D eigenvalue weighted by Crippen LogP contribution is -2.48. The maximum atomic E-state index is 12.8. The molecular formula is C17H25N3O3. The molecule has 0 radical (unpaired) electrons. The van der Waals surface area contributed by atoms with Gasteiger partial charge in [-0.05, 0) is 43.9 Å². The van der Waals surface area contributed by atoms with E-state index in [0.29, 0.717) is 19.6 Å². The monoisotopic (exact) mass is 319 g/mol. The molecule has 2 fully saturated rings. The number of phenols is 1. The van der Waals surface area contributed by atoms with Gasteiger partial charge in [0.2, 0.25) is 5.91 Å². The van der Waals surface area contributed by atoms with E-state index in [1.54, 1.807) is 12.1 Å². The van der Waals surface area contributed by atoms with Crippen molar-refractivity contribution < 1.29 is 14.6 Å². The predicted molar refractivity (Wildman–Crippen MR) is 86.8 cm³/mol. The molecule has 0 aliphatic carbocycles. The summed E-state index contributed by atoms with van der Waals surface area (Å²) in [7, 11) is 0. The maximum absolute atomic E-state index is 12.8. The van der Waals surface area contributed by atoms with Gasteiger partial charge in [0.05, 0.1) is 12.6 Å². The van der Waals surface area contributed by atoms with Crippen molar-refractivity contribution in [2.24, 2.45) is 0 Å². The highest BCUT2D eigenvalue weighted by molar-refractivity contribution is 5.82. The lowest BCUT2D eigenvalue weighted by Gasteiger charge is -2.27. The minimum Gasteiger partial charge on any atom is -0.508 e. The summed E-state index contributed by atoms with van der Waals surface area (Å²) in [6, 6.07) is 7.19. The summed E-state index contributed by atoms with van der Waals surface area (Å²) in [4.78, 5) is 14.7. The molecule has 6 heteroatoms. The minimum absolute atomic E-state index is 0.0810. The average molecular weight is 319 g/mol. The molecule has 0 spiro atoms. The number of phenolic OH excluding ortho intramolecular Hbond substituents is 1. The fourth-order valence-corrected chi connectivity index (χ4v) is 3.40. The van der Waals surface area contributed by atoms with E-state index in [9.17, 15) is 9.90 Å². The van der Waals surface area contributed by atoms with Gasteiger partial charge in [-0.2, -0.15) is 0 Å². The molecule has 3 N–H and O–H groups in total. The average Bonchev–Trinajstić information content (AvgIpc) is 3.22. The smallest absolute Gasteiger partial charge is 0.241 e. The highest BCUT2D eigenvalue weighted by Gasteiger charge is 2.37. The largest absolute Gasteiger partial charge is 0.508 e. The quantitative estimate of drug-likeness (QED) is 0.763. The molecule has 1 aromatic rings. The number of hydrogen-bond acceptors (Lipinski definition) is 5. The zero-order valence-electron chi connectivity index (χ0n) is 13.5. The first kappa shape index (κ1) is 16.2. The van der Waals surface area contributed by atoms with Gasteiger partial charge >= 0.3 is 0 Å². The van der Waals surface area contributed by atoms with Gasteiger partial charge < -0.3 is 14.7 Å². The Hall–Kier alpha value is -1.63. The van der Waals surface area contributed by atoms with Gasteiger partial charge in [0.1, 0.15) is 11.8 Å². The van der Waals surface area contributed by atoms with Gasteiger partial charge in [-0.1, -0.05) is 12.1 Å². The number of nitrogens with one attached hydrogen (secondary N) is 2. The molecule has 2 saturated heterocycles. The fraction of sp³-hybridized carbons (Fsp3) is 0.588. The molecule has 2 aliphatic heterocycles. The summed E-state index contributed by atoms with van der Waals surface area (Å²) in [5.74, 6) is 0.407. The lowest BCUT2D eigenvalue weighted by molar-refractivity contribution is -0.135. The van der Waals surface area contributed by atoms with Crippen LogP contribution in [0, 0.1) is 0 Å². The Balaban J connectivity index is 1.59. The molecule has 0 bridgehead atoms. The number of likely N-dealkylation sites (tertiary alicyclic amines) is 1. The number of hydrazine groups is 1. The summed E-state index contributed by atoms with van der Waals surface area (Å²) in [5.41, 5.74) is 7.39. The highest BCUT2D eigenvalue weighted by Crippen LogP contribution is 2.26. The standard InChI is InChI=1S/C17H25N3O3/c1-2-23-11-13-4-3-9-20(13)17(22)16-10-15(18-19-16)12-5-7-14(21)8-6-12/h5-8,13,15-16,18-19,21H,2-4,9-11H2,1H3. The van der Waals surface area contributed by atoms with Gasteiger partial charge in [0, 0.05) is 19.2 Å². The van der Waals surface area contributed by atoms with Crippen LogP contribution in [0.3, 0.4) is 0 Å². The van der Waals surface area contributed by atoms with E-state index in [2.05, 4.69) is 10.9 Å². The number of hydrogen-bond donors (Lipinski definition) is 3. The number of aromatic hydroxyl groups is 1. The van der Waals surface area contributed by atoms with Crippen LogP contribution < -0.4 is 10.9 Å². The van der Waals surface area contributed by atoms with Crippen LogP contribution in [0.2, 0.25) is 0 Å². The van der Waals surface area contributed by atoms with Crippen LogP contribution in [-0.4, -0.2) is 47.8 Å². The third-order valence-electron chi connectivity index (χ3n) is 4.67. The van der Waals surface area contributed by atoms with Gasteiger partial charge in [-0.15, -0.1) is 0 Å². The van der Waals surface area contributed by atoms with Crippen molar-refractivity contribution in [1.82, 2.24) is 15.8 Å². The molecule has 23 heavy (non-hydrogen) atoms. The summed E-state index contributed by atoms with van der Waals surface area (Å²) in [6.07, 6.45) is 2.78. The molecule has 3 atom stereocenters. The number of amides is 1. The van der Waals surface area contributed by atoms with Gasteiger partial charge in [0.25, 0.3) is 0 Å². The second-order valence-corrected chi connectivity index (χ2v) is 6.21. The van der Waals surface area contributed by atoms with Crippen molar-refractivity contribution in [2.45, 2.75) is 44.3 Å². The van der Waals surface area contributed by atoms with Crippen LogP contribution >= 0.6 is 0 Å². The van der Waals surface area contributed by atoms with Crippen LogP contribution in [-0.2, 0) is 9.53 Å². The van der Waals surface area contributed by atoms with E-state index in [0.717, 1.165) is 24.9 Å². The summed E-state index contributed by atoms with van der Waals surface area (Å²) >= 11 is 0. The van der Waals surface area contributed by atoms with E-state index in [1.165, 1.54) is 0 Å². The zero-order chi connectivity index (χ0) is 16.2. The fourth-order valence-electron chi connectivity index (χ4n) is 3.40. The molecule has 6 nitrogen and oxygen atoms in total. The molecule has 0 aromatic heterocycles. The molecule has 0 saturated carbocycles. The molecule has 1 aromatic carbocycles. The summed E-state index contributed by atoms with van der Waals surface area (Å²) < 4.78 is 5.51. The lowest BCUT2D eigenvalue weighted by atomic mass is 10.0. The van der Waals surface area contributed by atoms with E-state index in [1.807, 2.05) is 24.0 Å². The van der Waals surface area contributed by atoms with E-state index in [-0.39, 0.29) is 29.8 Å². The first-order chi connectivity index (χ1) is 11.2. The summed E-state index contributed by atoms with van der Waals surface area (Å²) in [5, 5.41) is 9.37. The Labute approximate surface area is 136 Å². The number of carbonyl (C=O) groups excluding carboxylic acids is 1. The van der Waals surface area contributed by atoms with Crippen molar-refractivity contribution in [3.8, 4) is 5.75 Å². The summed E-state index contributed by atoms with van der Waals surface area (Å²) in [6.45, 7) is 4.11. The van der Waals surface area contributed by atoms with Crippen molar-refractivity contribution in [1.29, 1.82) is 0 Å². The zero-order valence-corrected chi connectivity index (χ0v) is 13.5. The second-order valence-electron chi connectivity index (χ2n) is 6.21. The molecule has 2 aliphatic rings. The molecule has 3 rings (SSSR count). The van der Waals surface area contributed by atoms with E-state index < -0.39 is 0 Å². The van der Waals surface area contributed by atoms with Gasteiger partial charge in [-0.25, -0.2) is 10.9 Å². The third-order valence-corrected chi connectivity index (χ3v) is 4.67. The van der Waals surface area contributed by atoms with Crippen molar-refractivity contribution in [2.75, 3.05) is 19.8 Å². The first-order valence-corrected chi connectivity index (χ1v) is 8.37. The highest BCUT2D eigenvalue weighted by atomic mass is 16.5. The molecule has 3 unspecified atom stereocenters. The van der Waals surface area contributed by atoms with E-state index in [4.69, 9.17) is 4.74 Å². The first-order valence-electron chi connectivity index (χ1n) is 8.37. The third kappa shape index (κ3) is 3.65. The van der Waals surface area contributed by atoms with Gasteiger partial charge in [-0.3, -0.25) is 4.79 Å². The van der Waals surface area contributed by atoms with Crippen LogP contribution in [0.4, 0.5) is 0 Å². The topological polar surface area (TPSA) is 73.8 Å². The Bertz CT molecular complexity index is 534. The van der Waals surface area contributed by atoms with E-state index >= 15 is 0 Å². The number of benzene rings is 1. The maximum Gasteiger partial charge on any atom is 0.241 e. The number of ether oxygens (including phenoxy) is 1. The SMILES string of the molecule is CCOCC1CCCN1C(=O)C1CC(c2ccc(O)cc2)NN1. The Morgan fingerprint density at radius 2 is 2.13 bits per heavy atom.